The van der Waals surface area contributed by atoms with Crippen molar-refractivity contribution in [2.24, 2.45) is 5.92 Å². The molecule has 0 aliphatic heterocycles. The van der Waals surface area contributed by atoms with E-state index >= 15 is 0 Å². The molecule has 2 heterocycles. The monoisotopic (exact) mass is 236 g/mol. The maximum Gasteiger partial charge on any atom is 0.129 e. The fourth-order valence-corrected chi connectivity index (χ4v) is 2.27. The van der Waals surface area contributed by atoms with Gasteiger partial charge in [0.1, 0.15) is 5.15 Å². The molecular formula is C13H17ClN2. The highest BCUT2D eigenvalue weighted by atomic mass is 35.5. The molecular weight excluding hydrogens is 220 g/mol. The Hall–Kier alpha value is -1.02. The van der Waals surface area contributed by atoms with Gasteiger partial charge in [0.05, 0.1) is 11.7 Å². The third-order valence-electron chi connectivity index (χ3n) is 3.04. The molecule has 2 nitrogen and oxygen atoms in total. The number of hydrogen-bond donors (Lipinski definition) is 0. The molecule has 0 aromatic carbocycles. The Morgan fingerprint density at radius 2 is 2.06 bits per heavy atom. The molecule has 0 bridgehead atoms. The molecule has 16 heavy (non-hydrogen) atoms. The molecule has 86 valence electrons. The fraction of sp³-hybridized carbons (Fsp3) is 0.462. The van der Waals surface area contributed by atoms with Crippen LogP contribution in [-0.4, -0.2) is 9.55 Å². The summed E-state index contributed by atoms with van der Waals surface area (Å²) < 4.78 is 2.33. The molecule has 0 fully saturated rings. The first-order valence-electron chi connectivity index (χ1n) is 5.61. The van der Waals surface area contributed by atoms with Crippen molar-refractivity contribution in [3.8, 4) is 0 Å². The molecule has 0 atom stereocenters. The van der Waals surface area contributed by atoms with E-state index in [9.17, 15) is 0 Å². The van der Waals surface area contributed by atoms with Crippen molar-refractivity contribution in [2.75, 3.05) is 0 Å². The van der Waals surface area contributed by atoms with Crippen molar-refractivity contribution in [3.63, 3.8) is 0 Å². The zero-order valence-electron chi connectivity index (χ0n) is 10.2. The Balaban J connectivity index is 2.69. The Morgan fingerprint density at radius 1 is 1.38 bits per heavy atom. The normalized spacial score (nSPS) is 11.6. The number of rotatable bonds is 2. The number of nitrogens with zero attached hydrogens (tertiary/aromatic N) is 2. The SMILES string of the molecule is Cc1c(C)n(CC(C)C)c2cnc(Cl)cc12. The molecule has 3 heteroatoms. The van der Waals surface area contributed by atoms with Gasteiger partial charge in [0, 0.05) is 17.6 Å². The predicted molar refractivity (Wildman–Crippen MR) is 69.1 cm³/mol. The zero-order chi connectivity index (χ0) is 11.9. The molecule has 2 aromatic heterocycles. The molecule has 0 saturated carbocycles. The number of aryl methyl sites for hydroxylation is 1. The van der Waals surface area contributed by atoms with Crippen molar-refractivity contribution < 1.29 is 0 Å². The Morgan fingerprint density at radius 3 is 2.69 bits per heavy atom. The van der Waals surface area contributed by atoms with E-state index in [0.29, 0.717) is 11.1 Å². The van der Waals surface area contributed by atoms with Crippen LogP contribution in [0.3, 0.4) is 0 Å². The lowest BCUT2D eigenvalue weighted by molar-refractivity contribution is 0.527. The van der Waals surface area contributed by atoms with Gasteiger partial charge in [0.2, 0.25) is 0 Å². The largest absolute Gasteiger partial charge is 0.343 e. The topological polar surface area (TPSA) is 17.8 Å². The number of halogens is 1. The first-order chi connectivity index (χ1) is 7.50. The summed E-state index contributed by atoms with van der Waals surface area (Å²) in [5, 5.41) is 1.79. The van der Waals surface area contributed by atoms with Gasteiger partial charge in [-0.2, -0.15) is 0 Å². The van der Waals surface area contributed by atoms with Crippen LogP contribution in [0, 0.1) is 19.8 Å². The summed E-state index contributed by atoms with van der Waals surface area (Å²) >= 11 is 5.94. The second-order valence-corrected chi connectivity index (χ2v) is 5.13. The van der Waals surface area contributed by atoms with Gasteiger partial charge in [0.25, 0.3) is 0 Å². The molecule has 2 rings (SSSR count). The summed E-state index contributed by atoms with van der Waals surface area (Å²) in [6.07, 6.45) is 1.88. The van der Waals surface area contributed by atoms with Gasteiger partial charge in [-0.05, 0) is 31.4 Å². The van der Waals surface area contributed by atoms with Gasteiger partial charge in [-0.3, -0.25) is 0 Å². The lowest BCUT2D eigenvalue weighted by Gasteiger charge is -2.10. The van der Waals surface area contributed by atoms with E-state index in [4.69, 9.17) is 11.6 Å². The molecule has 2 aromatic rings. The predicted octanol–water partition coefficient (Wildman–Crippen LogP) is 3.96. The molecule has 0 aliphatic rings. The number of pyridine rings is 1. The molecule has 0 radical (unpaired) electrons. The van der Waals surface area contributed by atoms with Crippen LogP contribution in [0.4, 0.5) is 0 Å². The third-order valence-corrected chi connectivity index (χ3v) is 3.25. The summed E-state index contributed by atoms with van der Waals surface area (Å²) in [5.41, 5.74) is 3.81. The average molecular weight is 237 g/mol. The van der Waals surface area contributed by atoms with Gasteiger partial charge in [-0.1, -0.05) is 25.4 Å². The first kappa shape index (κ1) is 11.5. The van der Waals surface area contributed by atoms with Gasteiger partial charge in [-0.15, -0.1) is 0 Å². The minimum atomic E-state index is 0.567. The van der Waals surface area contributed by atoms with Crippen LogP contribution >= 0.6 is 11.6 Å². The number of fused-ring (bicyclic) bond motifs is 1. The van der Waals surface area contributed by atoms with E-state index in [0.717, 1.165) is 6.54 Å². The lowest BCUT2D eigenvalue weighted by Crippen LogP contribution is -2.06. The fourth-order valence-electron chi connectivity index (χ4n) is 2.12. The number of hydrogen-bond acceptors (Lipinski definition) is 1. The highest BCUT2D eigenvalue weighted by Gasteiger charge is 2.12. The van der Waals surface area contributed by atoms with Gasteiger partial charge in [0.15, 0.2) is 0 Å². The Kier molecular flexibility index (Phi) is 2.94. The Labute approximate surface area is 101 Å². The van der Waals surface area contributed by atoms with Crippen LogP contribution in [-0.2, 0) is 6.54 Å². The van der Waals surface area contributed by atoms with E-state index in [2.05, 4.69) is 37.2 Å². The average Bonchev–Trinajstić information content (AvgIpc) is 2.43. The summed E-state index contributed by atoms with van der Waals surface area (Å²) in [6.45, 7) is 9.78. The summed E-state index contributed by atoms with van der Waals surface area (Å²) in [6, 6.07) is 1.95. The van der Waals surface area contributed by atoms with Crippen molar-refractivity contribution in [1.82, 2.24) is 9.55 Å². The van der Waals surface area contributed by atoms with Crippen LogP contribution in [0.2, 0.25) is 5.15 Å². The van der Waals surface area contributed by atoms with Crippen molar-refractivity contribution in [1.29, 1.82) is 0 Å². The van der Waals surface area contributed by atoms with Crippen LogP contribution in [0.5, 0.6) is 0 Å². The smallest absolute Gasteiger partial charge is 0.129 e. The molecule has 0 spiro atoms. The van der Waals surface area contributed by atoms with Crippen LogP contribution in [0.15, 0.2) is 12.3 Å². The van der Waals surface area contributed by atoms with Crippen LogP contribution in [0.25, 0.3) is 10.9 Å². The summed E-state index contributed by atoms with van der Waals surface area (Å²) in [4.78, 5) is 4.17. The molecule has 0 saturated heterocycles. The van der Waals surface area contributed by atoms with E-state index in [1.54, 1.807) is 0 Å². The van der Waals surface area contributed by atoms with E-state index in [-0.39, 0.29) is 0 Å². The first-order valence-corrected chi connectivity index (χ1v) is 5.99. The molecule has 0 aliphatic carbocycles. The van der Waals surface area contributed by atoms with Crippen molar-refractivity contribution in [3.05, 3.63) is 28.7 Å². The van der Waals surface area contributed by atoms with Crippen LogP contribution in [0.1, 0.15) is 25.1 Å². The summed E-state index contributed by atoms with van der Waals surface area (Å²) in [5.74, 6) is 0.629. The number of aromatic nitrogens is 2. The van der Waals surface area contributed by atoms with Gasteiger partial charge >= 0.3 is 0 Å². The standard InChI is InChI=1S/C13H17ClN2/c1-8(2)7-16-10(4)9(3)11-5-13(14)15-6-12(11)16/h5-6,8H,7H2,1-4H3. The van der Waals surface area contributed by atoms with E-state index in [1.807, 2.05) is 12.3 Å². The van der Waals surface area contributed by atoms with E-state index < -0.39 is 0 Å². The highest BCUT2D eigenvalue weighted by Crippen LogP contribution is 2.27. The van der Waals surface area contributed by atoms with Crippen LogP contribution < -0.4 is 0 Å². The minimum Gasteiger partial charge on any atom is -0.343 e. The summed E-state index contributed by atoms with van der Waals surface area (Å²) in [7, 11) is 0. The Bertz CT molecular complexity index is 526. The second kappa shape index (κ2) is 4.10. The zero-order valence-corrected chi connectivity index (χ0v) is 11.0. The van der Waals surface area contributed by atoms with Gasteiger partial charge in [-0.25, -0.2) is 4.98 Å². The maximum atomic E-state index is 5.94. The quantitative estimate of drug-likeness (QED) is 0.722. The van der Waals surface area contributed by atoms with E-state index in [1.165, 1.54) is 22.2 Å². The second-order valence-electron chi connectivity index (χ2n) is 4.74. The lowest BCUT2D eigenvalue weighted by atomic mass is 10.2. The van der Waals surface area contributed by atoms with Gasteiger partial charge < -0.3 is 4.57 Å². The van der Waals surface area contributed by atoms with Crippen molar-refractivity contribution >= 4 is 22.5 Å². The molecule has 0 amide bonds. The highest BCUT2D eigenvalue weighted by molar-refractivity contribution is 6.30. The third kappa shape index (κ3) is 1.82. The maximum absolute atomic E-state index is 5.94. The minimum absolute atomic E-state index is 0.567. The molecule has 0 N–H and O–H groups in total. The van der Waals surface area contributed by atoms with Crippen molar-refractivity contribution in [2.45, 2.75) is 34.2 Å². The molecule has 0 unspecified atom stereocenters.